The third-order valence-corrected chi connectivity index (χ3v) is 6.39. The number of nitrogens with one attached hydrogen (secondary N) is 3. The zero-order valence-electron chi connectivity index (χ0n) is 19.8. The molecular weight excluding hydrogens is 444 g/mol. The van der Waals surface area contributed by atoms with Crippen LogP contribution in [0.15, 0.2) is 4.79 Å². The number of aryl methyl sites for hydroxylation is 1. The molecule has 3 aliphatic rings. The number of likely N-dealkylation sites (tertiary alicyclic amines) is 1. The van der Waals surface area contributed by atoms with Gasteiger partial charge in [-0.25, -0.2) is 9.89 Å². The average molecular weight is 481 g/mol. The number of aromatic nitrogens is 3. The number of carboxylic acids is 1. The Hall–Kier alpha value is -2.73. The van der Waals surface area contributed by atoms with Crippen LogP contribution in [-0.2, 0) is 25.5 Å². The van der Waals surface area contributed by atoms with Gasteiger partial charge in [-0.15, -0.1) is 0 Å². The van der Waals surface area contributed by atoms with Gasteiger partial charge in [0.2, 0.25) is 11.8 Å². The van der Waals surface area contributed by atoms with E-state index in [0.29, 0.717) is 51.5 Å². The number of carbonyl (C=O) groups is 3. The van der Waals surface area contributed by atoms with Crippen molar-refractivity contribution in [3.63, 3.8) is 0 Å². The first-order chi connectivity index (χ1) is 16.3. The summed E-state index contributed by atoms with van der Waals surface area (Å²) in [5.74, 6) is 0.576. The van der Waals surface area contributed by atoms with E-state index in [-0.39, 0.29) is 36.0 Å². The highest BCUT2D eigenvalue weighted by atomic mass is 16.5. The molecule has 1 aliphatic carbocycles. The summed E-state index contributed by atoms with van der Waals surface area (Å²) in [6.07, 6.45) is 5.78. The van der Waals surface area contributed by atoms with Gasteiger partial charge < -0.3 is 20.1 Å². The van der Waals surface area contributed by atoms with Gasteiger partial charge in [-0.05, 0) is 31.6 Å². The number of aliphatic carboxylic acids is 1. The van der Waals surface area contributed by atoms with Gasteiger partial charge in [0.1, 0.15) is 5.82 Å². The van der Waals surface area contributed by atoms with Crippen molar-refractivity contribution in [2.75, 3.05) is 39.4 Å². The Morgan fingerprint density at radius 1 is 1.15 bits per heavy atom. The van der Waals surface area contributed by atoms with Crippen LogP contribution in [0.25, 0.3) is 0 Å². The standard InChI is InChI=1S/C20H32N6O4.C2H4O2/c27-18(6-5-17-22-20(29)24-23-17)21-12-16-4-3-15(26(16)13-14-1-2-14)11-19(28)25-7-9-30-10-8-25;1-2(3)4/h14-16H,1-13H2,(H,21,27)(H2,22,23,24,29);1H3,(H,3,4)/t15-,16+;/m1./s1. The van der Waals surface area contributed by atoms with Crippen molar-refractivity contribution in [2.24, 2.45) is 5.92 Å². The van der Waals surface area contributed by atoms with Gasteiger partial charge in [0, 0.05) is 64.4 Å². The van der Waals surface area contributed by atoms with Crippen molar-refractivity contribution in [2.45, 2.75) is 64.0 Å². The van der Waals surface area contributed by atoms with Crippen molar-refractivity contribution in [1.82, 2.24) is 30.3 Å². The predicted octanol–water partition coefficient (Wildman–Crippen LogP) is -0.270. The van der Waals surface area contributed by atoms with Gasteiger partial charge in [-0.3, -0.25) is 24.3 Å². The van der Waals surface area contributed by atoms with E-state index in [1.807, 2.05) is 4.90 Å². The molecule has 3 fully saturated rings. The third-order valence-electron chi connectivity index (χ3n) is 6.39. The average Bonchev–Trinajstić information content (AvgIpc) is 3.41. The lowest BCUT2D eigenvalue weighted by molar-refractivity contribution is -0.136. The van der Waals surface area contributed by atoms with E-state index in [4.69, 9.17) is 14.6 Å². The fraction of sp³-hybridized carbons (Fsp3) is 0.773. The molecule has 0 aromatic carbocycles. The first kappa shape index (κ1) is 25.9. The molecule has 4 N–H and O–H groups in total. The summed E-state index contributed by atoms with van der Waals surface area (Å²) < 4.78 is 5.35. The van der Waals surface area contributed by atoms with Gasteiger partial charge in [0.15, 0.2) is 0 Å². The lowest BCUT2D eigenvalue weighted by Crippen LogP contribution is -2.47. The summed E-state index contributed by atoms with van der Waals surface area (Å²) in [5.41, 5.74) is -0.357. The van der Waals surface area contributed by atoms with Crippen LogP contribution >= 0.6 is 0 Å². The predicted molar refractivity (Wildman–Crippen MR) is 122 cm³/mol. The minimum Gasteiger partial charge on any atom is -0.481 e. The Balaban J connectivity index is 0.000000751. The van der Waals surface area contributed by atoms with Gasteiger partial charge in [0.05, 0.1) is 13.2 Å². The van der Waals surface area contributed by atoms with E-state index < -0.39 is 5.97 Å². The number of hydrogen-bond acceptors (Lipinski definition) is 7. The van der Waals surface area contributed by atoms with Crippen LogP contribution in [0.2, 0.25) is 0 Å². The zero-order valence-corrected chi connectivity index (χ0v) is 19.8. The monoisotopic (exact) mass is 480 g/mol. The van der Waals surface area contributed by atoms with E-state index in [0.717, 1.165) is 32.2 Å². The molecule has 3 heterocycles. The van der Waals surface area contributed by atoms with E-state index in [2.05, 4.69) is 25.4 Å². The van der Waals surface area contributed by atoms with Crippen LogP contribution in [0.3, 0.4) is 0 Å². The van der Waals surface area contributed by atoms with Crippen molar-refractivity contribution in [3.8, 4) is 0 Å². The molecule has 2 aliphatic heterocycles. The number of morpholine rings is 1. The molecule has 0 bridgehead atoms. The quantitative estimate of drug-likeness (QED) is 0.376. The molecule has 2 saturated heterocycles. The smallest absolute Gasteiger partial charge is 0.340 e. The number of rotatable bonds is 9. The largest absolute Gasteiger partial charge is 0.481 e. The van der Waals surface area contributed by atoms with E-state index in [1.54, 1.807) is 0 Å². The highest BCUT2D eigenvalue weighted by Crippen LogP contribution is 2.35. The maximum Gasteiger partial charge on any atom is 0.340 e. The van der Waals surface area contributed by atoms with Crippen LogP contribution in [-0.4, -0.2) is 99.3 Å². The van der Waals surface area contributed by atoms with Crippen molar-refractivity contribution in [1.29, 1.82) is 0 Å². The van der Waals surface area contributed by atoms with Gasteiger partial charge in [0.25, 0.3) is 5.97 Å². The molecule has 12 nitrogen and oxygen atoms in total. The molecule has 12 heteroatoms. The van der Waals surface area contributed by atoms with E-state index >= 15 is 0 Å². The molecule has 0 unspecified atom stereocenters. The van der Waals surface area contributed by atoms with Crippen molar-refractivity contribution < 1.29 is 24.2 Å². The van der Waals surface area contributed by atoms with Crippen LogP contribution in [0, 0.1) is 5.92 Å². The molecule has 4 rings (SSSR count). The molecular formula is C22H36N6O6. The van der Waals surface area contributed by atoms with Crippen LogP contribution in [0.1, 0.15) is 51.3 Å². The van der Waals surface area contributed by atoms with E-state index in [9.17, 15) is 14.4 Å². The summed E-state index contributed by atoms with van der Waals surface area (Å²) in [6.45, 7) is 5.34. The molecule has 34 heavy (non-hydrogen) atoms. The molecule has 0 spiro atoms. The van der Waals surface area contributed by atoms with Crippen molar-refractivity contribution in [3.05, 3.63) is 16.3 Å². The molecule has 0 radical (unpaired) electrons. The zero-order chi connectivity index (χ0) is 24.5. The molecule has 2 atom stereocenters. The van der Waals surface area contributed by atoms with Gasteiger partial charge in [-0.2, -0.15) is 5.10 Å². The third kappa shape index (κ3) is 8.56. The Morgan fingerprint density at radius 2 is 1.82 bits per heavy atom. The van der Waals surface area contributed by atoms with E-state index in [1.165, 1.54) is 12.8 Å². The number of carboxylic acid groups (broad SMARTS) is 1. The fourth-order valence-electron chi connectivity index (χ4n) is 4.47. The molecule has 190 valence electrons. The topological polar surface area (TPSA) is 161 Å². The first-order valence-corrected chi connectivity index (χ1v) is 12.0. The number of hydrogen-bond donors (Lipinski definition) is 4. The lowest BCUT2D eigenvalue weighted by Gasteiger charge is -2.33. The summed E-state index contributed by atoms with van der Waals surface area (Å²) >= 11 is 0. The highest BCUT2D eigenvalue weighted by molar-refractivity contribution is 5.77. The second kappa shape index (κ2) is 12.7. The van der Waals surface area contributed by atoms with Crippen LogP contribution < -0.4 is 11.0 Å². The number of amides is 2. The van der Waals surface area contributed by atoms with Gasteiger partial charge >= 0.3 is 5.69 Å². The van der Waals surface area contributed by atoms with Crippen LogP contribution in [0.4, 0.5) is 0 Å². The number of nitrogens with zero attached hydrogens (tertiary/aromatic N) is 3. The SMILES string of the molecule is CC(=O)O.O=C(CCc1n[nH]c(=O)[nH]1)NC[C@@H]1CC[C@H](CC(=O)N2CCOCC2)N1CC1CC1. The molecule has 1 aromatic rings. The first-order valence-electron chi connectivity index (χ1n) is 12.0. The maximum atomic E-state index is 12.7. The second-order valence-electron chi connectivity index (χ2n) is 9.17. The number of H-pyrrole nitrogens is 2. The molecule has 2 amide bonds. The Bertz CT molecular complexity index is 871. The second-order valence-corrected chi connectivity index (χ2v) is 9.17. The highest BCUT2D eigenvalue weighted by Gasteiger charge is 2.38. The normalized spacial score (nSPS) is 22.7. The number of carbonyl (C=O) groups excluding carboxylic acids is 2. The minimum absolute atomic E-state index is 0.0435. The fourth-order valence-corrected chi connectivity index (χ4v) is 4.47. The Kier molecular flexibility index (Phi) is 9.63. The molecule has 1 saturated carbocycles. The number of aromatic amines is 2. The van der Waals surface area contributed by atoms with Gasteiger partial charge in [-0.1, -0.05) is 0 Å². The Morgan fingerprint density at radius 3 is 2.44 bits per heavy atom. The maximum absolute atomic E-state index is 12.7. The Labute approximate surface area is 198 Å². The van der Waals surface area contributed by atoms with Crippen molar-refractivity contribution >= 4 is 17.8 Å². The summed E-state index contributed by atoms with van der Waals surface area (Å²) in [4.78, 5) is 52.0. The summed E-state index contributed by atoms with van der Waals surface area (Å²) in [5, 5.41) is 16.6. The lowest BCUT2D eigenvalue weighted by atomic mass is 10.1. The van der Waals surface area contributed by atoms with Crippen LogP contribution in [0.5, 0.6) is 0 Å². The summed E-state index contributed by atoms with van der Waals surface area (Å²) in [7, 11) is 0. The summed E-state index contributed by atoms with van der Waals surface area (Å²) in [6, 6.07) is 0.541. The molecule has 1 aromatic heterocycles. The minimum atomic E-state index is -0.833. The number of ether oxygens (including phenoxy) is 1.